The first-order valence-electron chi connectivity index (χ1n) is 9.12. The van der Waals surface area contributed by atoms with Crippen LogP contribution in [0.15, 0.2) is 22.9 Å². The van der Waals surface area contributed by atoms with Gasteiger partial charge in [-0.2, -0.15) is 4.98 Å². The first kappa shape index (κ1) is 19.2. The predicted octanol–water partition coefficient (Wildman–Crippen LogP) is 1.24. The summed E-state index contributed by atoms with van der Waals surface area (Å²) in [5, 5.41) is 6.66. The molecule has 1 unspecified atom stereocenters. The fraction of sp³-hybridized carbons (Fsp3) is 0.556. The van der Waals surface area contributed by atoms with E-state index >= 15 is 0 Å². The molecular weight excluding hydrogens is 348 g/mol. The second kappa shape index (κ2) is 8.92. The Morgan fingerprint density at radius 1 is 1.37 bits per heavy atom. The molecule has 0 saturated carbocycles. The molecule has 146 valence electrons. The number of carbonyl (C=O) groups is 1. The predicted molar refractivity (Wildman–Crippen MR) is 99.5 cm³/mol. The molecule has 3 rings (SSSR count). The Labute approximate surface area is 158 Å². The maximum atomic E-state index is 12.1. The Morgan fingerprint density at radius 3 is 3.00 bits per heavy atom. The molecule has 27 heavy (non-hydrogen) atoms. The largest absolute Gasteiger partial charge is 0.374 e. The van der Waals surface area contributed by atoms with Crippen molar-refractivity contribution in [3.05, 3.63) is 35.6 Å². The van der Waals surface area contributed by atoms with E-state index < -0.39 is 0 Å². The van der Waals surface area contributed by atoms with Crippen molar-refractivity contribution in [1.29, 1.82) is 0 Å². The molecule has 2 aromatic heterocycles. The van der Waals surface area contributed by atoms with Gasteiger partial charge in [-0.1, -0.05) is 5.16 Å². The van der Waals surface area contributed by atoms with Crippen molar-refractivity contribution >= 4 is 11.7 Å². The Morgan fingerprint density at radius 2 is 2.22 bits per heavy atom. The monoisotopic (exact) mass is 374 g/mol. The van der Waals surface area contributed by atoms with E-state index in [9.17, 15) is 4.79 Å². The van der Waals surface area contributed by atoms with Crippen LogP contribution in [-0.2, 0) is 11.3 Å². The van der Waals surface area contributed by atoms with E-state index in [0.29, 0.717) is 23.8 Å². The number of carbonyl (C=O) groups excluding carboxylic acids is 1. The first-order chi connectivity index (χ1) is 13.1. The average Bonchev–Trinajstić information content (AvgIpc) is 3.05. The number of aromatic nitrogens is 3. The summed E-state index contributed by atoms with van der Waals surface area (Å²) >= 11 is 0. The van der Waals surface area contributed by atoms with Crippen LogP contribution in [0.2, 0.25) is 0 Å². The molecule has 9 heteroatoms. The Kier molecular flexibility index (Phi) is 6.36. The number of nitrogens with zero attached hydrogens (tertiary/aromatic N) is 5. The number of anilines is 1. The zero-order valence-corrected chi connectivity index (χ0v) is 16.0. The van der Waals surface area contributed by atoms with Gasteiger partial charge >= 0.3 is 0 Å². The lowest BCUT2D eigenvalue weighted by molar-refractivity contribution is 0.0963. The van der Waals surface area contributed by atoms with Gasteiger partial charge in [-0.25, -0.2) is 4.98 Å². The molecule has 0 bridgehead atoms. The minimum absolute atomic E-state index is 0.121. The van der Waals surface area contributed by atoms with Crippen LogP contribution in [0, 0.1) is 0 Å². The number of hydrogen-bond acceptors (Lipinski definition) is 8. The van der Waals surface area contributed by atoms with E-state index in [1.165, 1.54) is 0 Å². The van der Waals surface area contributed by atoms with Crippen LogP contribution in [0.5, 0.6) is 0 Å². The Balaban J connectivity index is 1.64. The fourth-order valence-corrected chi connectivity index (χ4v) is 3.10. The van der Waals surface area contributed by atoms with E-state index in [1.807, 2.05) is 6.92 Å². The highest BCUT2D eigenvalue weighted by molar-refractivity contribution is 5.98. The molecule has 9 nitrogen and oxygen atoms in total. The molecule has 1 N–H and O–H groups in total. The molecule has 1 aliphatic rings. The zero-order chi connectivity index (χ0) is 19.2. The summed E-state index contributed by atoms with van der Waals surface area (Å²) in [5.41, 5.74) is 0.601. The van der Waals surface area contributed by atoms with Gasteiger partial charge in [0.05, 0.1) is 12.1 Å². The Bertz CT molecular complexity index is 765. The van der Waals surface area contributed by atoms with Gasteiger partial charge in [-0.05, 0) is 25.5 Å². The SMILES string of the molecule is CNC(=O)c1cccnc1N1CCCN(Cc2nc(C(C)OC)no2)CC1. The lowest BCUT2D eigenvalue weighted by Gasteiger charge is -2.23. The molecule has 2 aromatic rings. The first-order valence-corrected chi connectivity index (χ1v) is 9.12. The standard InChI is InChI=1S/C18H26N6O3/c1-13(26-3)16-21-15(27-22-16)12-23-8-5-9-24(11-10-23)17-14(18(25)19-2)6-4-7-20-17/h4,6-7,13H,5,8-12H2,1-3H3,(H,19,25). The summed E-state index contributed by atoms with van der Waals surface area (Å²) in [7, 11) is 3.25. The van der Waals surface area contributed by atoms with Crippen molar-refractivity contribution in [2.24, 2.45) is 0 Å². The number of nitrogens with one attached hydrogen (secondary N) is 1. The van der Waals surface area contributed by atoms with Crippen molar-refractivity contribution in [3.63, 3.8) is 0 Å². The second-order valence-corrected chi connectivity index (χ2v) is 6.49. The average molecular weight is 374 g/mol. The van der Waals surface area contributed by atoms with Crippen LogP contribution in [0.25, 0.3) is 0 Å². The third-order valence-corrected chi connectivity index (χ3v) is 4.71. The lowest BCUT2D eigenvalue weighted by atomic mass is 10.2. The van der Waals surface area contributed by atoms with E-state index in [0.717, 1.165) is 38.4 Å². The van der Waals surface area contributed by atoms with Gasteiger partial charge in [0.25, 0.3) is 5.91 Å². The minimum Gasteiger partial charge on any atom is -0.374 e. The van der Waals surface area contributed by atoms with E-state index in [1.54, 1.807) is 32.5 Å². The molecular formula is C18H26N6O3. The van der Waals surface area contributed by atoms with E-state index in [2.05, 4.69) is 30.2 Å². The number of ether oxygens (including phenoxy) is 1. The summed E-state index contributed by atoms with van der Waals surface area (Å²) in [4.78, 5) is 25.4. The van der Waals surface area contributed by atoms with Crippen molar-refractivity contribution in [2.75, 3.05) is 45.2 Å². The normalized spacial score (nSPS) is 16.8. The molecule has 0 radical (unpaired) electrons. The van der Waals surface area contributed by atoms with E-state index in [4.69, 9.17) is 9.26 Å². The van der Waals surface area contributed by atoms with Crippen LogP contribution in [0.4, 0.5) is 5.82 Å². The Hall–Kier alpha value is -2.52. The smallest absolute Gasteiger partial charge is 0.254 e. The fourth-order valence-electron chi connectivity index (χ4n) is 3.10. The number of pyridine rings is 1. The summed E-state index contributed by atoms with van der Waals surface area (Å²) in [6, 6.07) is 3.59. The highest BCUT2D eigenvalue weighted by Gasteiger charge is 2.22. The topological polar surface area (TPSA) is 96.6 Å². The van der Waals surface area contributed by atoms with Gasteiger partial charge in [0.15, 0.2) is 5.82 Å². The highest BCUT2D eigenvalue weighted by atomic mass is 16.5. The number of amides is 1. The van der Waals surface area contributed by atoms with Crippen LogP contribution in [-0.4, -0.2) is 66.3 Å². The van der Waals surface area contributed by atoms with Crippen molar-refractivity contribution in [2.45, 2.75) is 26.0 Å². The van der Waals surface area contributed by atoms with Crippen molar-refractivity contribution < 1.29 is 14.1 Å². The van der Waals surface area contributed by atoms with Gasteiger partial charge in [0.2, 0.25) is 5.89 Å². The minimum atomic E-state index is -0.186. The number of methoxy groups -OCH3 is 1. The quantitative estimate of drug-likeness (QED) is 0.807. The molecule has 1 amide bonds. The molecule has 1 aliphatic heterocycles. The van der Waals surface area contributed by atoms with Crippen LogP contribution in [0.3, 0.4) is 0 Å². The lowest BCUT2D eigenvalue weighted by Crippen LogP contribution is -2.33. The molecule has 1 atom stereocenters. The zero-order valence-electron chi connectivity index (χ0n) is 16.0. The van der Waals surface area contributed by atoms with Crippen molar-refractivity contribution in [1.82, 2.24) is 25.3 Å². The summed E-state index contributed by atoms with van der Waals surface area (Å²) in [6.07, 6.45) is 2.50. The van der Waals surface area contributed by atoms with Crippen molar-refractivity contribution in [3.8, 4) is 0 Å². The second-order valence-electron chi connectivity index (χ2n) is 6.49. The van der Waals surface area contributed by atoms with Gasteiger partial charge < -0.3 is 19.5 Å². The molecule has 0 aliphatic carbocycles. The highest BCUT2D eigenvalue weighted by Crippen LogP contribution is 2.20. The third kappa shape index (κ3) is 4.61. The van der Waals surface area contributed by atoms with Gasteiger partial charge in [0, 0.05) is 46.5 Å². The maximum Gasteiger partial charge on any atom is 0.254 e. The number of rotatable bonds is 6. The molecule has 0 spiro atoms. The van der Waals surface area contributed by atoms with Gasteiger partial charge in [-0.3, -0.25) is 9.69 Å². The van der Waals surface area contributed by atoms with Crippen LogP contribution < -0.4 is 10.2 Å². The molecule has 3 heterocycles. The summed E-state index contributed by atoms with van der Waals surface area (Å²) < 4.78 is 10.6. The summed E-state index contributed by atoms with van der Waals surface area (Å²) in [6.45, 7) is 5.83. The van der Waals surface area contributed by atoms with E-state index in [-0.39, 0.29) is 12.0 Å². The molecule has 0 aromatic carbocycles. The number of hydrogen-bond donors (Lipinski definition) is 1. The van der Waals surface area contributed by atoms with Gasteiger partial charge in [0.1, 0.15) is 11.9 Å². The molecule has 1 saturated heterocycles. The maximum absolute atomic E-state index is 12.1. The third-order valence-electron chi connectivity index (χ3n) is 4.71. The summed E-state index contributed by atoms with van der Waals surface area (Å²) in [5.74, 6) is 1.76. The molecule has 1 fully saturated rings. The van der Waals surface area contributed by atoms with Crippen LogP contribution in [0.1, 0.15) is 41.5 Å². The van der Waals surface area contributed by atoms with Crippen LogP contribution >= 0.6 is 0 Å². The van der Waals surface area contributed by atoms with Gasteiger partial charge in [-0.15, -0.1) is 0 Å².